The van der Waals surface area contributed by atoms with Crippen molar-refractivity contribution in [1.29, 1.82) is 0 Å². The Hall–Kier alpha value is -3.87. The van der Waals surface area contributed by atoms with Gasteiger partial charge < -0.3 is 19.5 Å². The maximum absolute atomic E-state index is 13.2. The number of ether oxygens (including phenoxy) is 1. The topological polar surface area (TPSA) is 72.3 Å². The van der Waals surface area contributed by atoms with Gasteiger partial charge in [-0.05, 0) is 48.4 Å². The van der Waals surface area contributed by atoms with Crippen molar-refractivity contribution in [2.24, 2.45) is 0 Å². The number of carbonyl (C=O) groups excluding carboxylic acids is 1. The monoisotopic (exact) mass is 413 g/mol. The average molecular weight is 413 g/mol. The molecule has 0 bridgehead atoms. The van der Waals surface area contributed by atoms with Gasteiger partial charge in [0.05, 0.1) is 30.7 Å². The van der Waals surface area contributed by atoms with E-state index < -0.39 is 0 Å². The molecule has 7 heteroatoms. The summed E-state index contributed by atoms with van der Waals surface area (Å²) in [4.78, 5) is 24.1. The van der Waals surface area contributed by atoms with E-state index >= 15 is 0 Å². The summed E-state index contributed by atoms with van der Waals surface area (Å²) in [5, 5.41) is 3.95. The van der Waals surface area contributed by atoms with Gasteiger partial charge in [-0.2, -0.15) is 0 Å². The minimum absolute atomic E-state index is 0.183. The summed E-state index contributed by atoms with van der Waals surface area (Å²) in [6.07, 6.45) is 6.43. The number of benzene rings is 1. The van der Waals surface area contributed by atoms with Crippen LogP contribution in [0.5, 0.6) is 5.75 Å². The summed E-state index contributed by atoms with van der Waals surface area (Å²) in [5.74, 6) is 1.55. The van der Waals surface area contributed by atoms with E-state index in [0.717, 1.165) is 41.1 Å². The quantitative estimate of drug-likeness (QED) is 0.518. The Bertz CT molecular complexity index is 1230. The molecule has 0 aliphatic carbocycles. The van der Waals surface area contributed by atoms with Crippen LogP contribution in [0.4, 0.5) is 11.5 Å². The predicted molar refractivity (Wildman–Crippen MR) is 121 cm³/mol. The number of carbonyl (C=O) groups is 1. The molecular formula is C24H23N5O2. The third-order valence-electron chi connectivity index (χ3n) is 5.60. The average Bonchev–Trinajstić information content (AvgIpc) is 3.13. The van der Waals surface area contributed by atoms with Crippen LogP contribution in [0.15, 0.2) is 67.1 Å². The maximum Gasteiger partial charge on any atom is 0.272 e. The van der Waals surface area contributed by atoms with Crippen LogP contribution in [0.2, 0.25) is 0 Å². The van der Waals surface area contributed by atoms with Gasteiger partial charge >= 0.3 is 0 Å². The van der Waals surface area contributed by atoms with Gasteiger partial charge in [0.2, 0.25) is 0 Å². The minimum Gasteiger partial charge on any atom is -0.497 e. The highest BCUT2D eigenvalue weighted by molar-refractivity contribution is 6.06. The van der Waals surface area contributed by atoms with E-state index in [1.807, 2.05) is 53.1 Å². The first kappa shape index (κ1) is 19.1. The van der Waals surface area contributed by atoms with Gasteiger partial charge in [-0.25, -0.2) is 4.98 Å². The second-order valence-electron chi connectivity index (χ2n) is 7.60. The number of rotatable bonds is 6. The van der Waals surface area contributed by atoms with E-state index in [1.165, 1.54) is 6.42 Å². The lowest BCUT2D eigenvalue weighted by atomic mass is 10.2. The van der Waals surface area contributed by atoms with Crippen LogP contribution in [0, 0.1) is 0 Å². The third-order valence-corrected chi connectivity index (χ3v) is 5.60. The summed E-state index contributed by atoms with van der Waals surface area (Å²) in [5.41, 5.74) is 3.18. The number of fused-ring (bicyclic) bond motifs is 1. The molecule has 5 rings (SSSR count). The van der Waals surface area contributed by atoms with Gasteiger partial charge in [0, 0.05) is 31.2 Å². The highest BCUT2D eigenvalue weighted by atomic mass is 16.5. The zero-order valence-corrected chi connectivity index (χ0v) is 17.3. The lowest BCUT2D eigenvalue weighted by Gasteiger charge is -2.31. The largest absolute Gasteiger partial charge is 0.497 e. The summed E-state index contributed by atoms with van der Waals surface area (Å²) in [6.45, 7) is 2.61. The Morgan fingerprint density at radius 3 is 2.77 bits per heavy atom. The molecule has 1 amide bonds. The van der Waals surface area contributed by atoms with Crippen LogP contribution < -0.4 is 15.0 Å². The first-order valence-electron chi connectivity index (χ1n) is 10.3. The molecule has 4 aromatic rings. The standard InChI is InChI=1S/C24H23N5O2/c1-31-20-5-2-4-17(12-20)16-29-21(13-18-8-9-25-15-22(18)29)24(30)27-19-6-7-23(26-14-19)28-10-3-11-28/h2,4-9,12-15H,3,10-11,16H2,1H3,(H,27,30). The number of nitrogens with one attached hydrogen (secondary N) is 1. The molecule has 1 fully saturated rings. The zero-order valence-electron chi connectivity index (χ0n) is 17.3. The van der Waals surface area contributed by atoms with Crippen LogP contribution in [0.3, 0.4) is 0 Å². The van der Waals surface area contributed by atoms with Gasteiger partial charge in [-0.1, -0.05) is 12.1 Å². The van der Waals surface area contributed by atoms with Crippen molar-refractivity contribution in [3.63, 3.8) is 0 Å². The van der Waals surface area contributed by atoms with Gasteiger partial charge in [0.15, 0.2) is 0 Å². The Morgan fingerprint density at radius 1 is 1.13 bits per heavy atom. The second kappa shape index (κ2) is 8.10. The molecule has 1 aliphatic heterocycles. The number of aromatic nitrogens is 3. The molecule has 1 N–H and O–H groups in total. The number of amides is 1. The highest BCUT2D eigenvalue weighted by Gasteiger charge is 2.18. The summed E-state index contributed by atoms with van der Waals surface area (Å²) in [6, 6.07) is 15.5. The summed E-state index contributed by atoms with van der Waals surface area (Å²) < 4.78 is 7.33. The molecule has 31 heavy (non-hydrogen) atoms. The van der Waals surface area contributed by atoms with Crippen molar-refractivity contribution >= 4 is 28.3 Å². The molecule has 0 saturated carbocycles. The highest BCUT2D eigenvalue weighted by Crippen LogP contribution is 2.24. The van der Waals surface area contributed by atoms with Crippen LogP contribution in [0.1, 0.15) is 22.5 Å². The van der Waals surface area contributed by atoms with Crippen molar-refractivity contribution in [2.45, 2.75) is 13.0 Å². The normalized spacial score (nSPS) is 13.1. The van der Waals surface area contributed by atoms with Crippen LogP contribution in [0.25, 0.3) is 10.9 Å². The van der Waals surface area contributed by atoms with Crippen molar-refractivity contribution in [1.82, 2.24) is 14.5 Å². The fraction of sp³-hybridized carbons (Fsp3) is 0.208. The van der Waals surface area contributed by atoms with Crippen LogP contribution in [-0.4, -0.2) is 40.6 Å². The molecule has 156 valence electrons. The Morgan fingerprint density at radius 2 is 2.03 bits per heavy atom. The third kappa shape index (κ3) is 3.82. The molecule has 1 aliphatic rings. The Labute approximate surface area is 180 Å². The molecule has 1 aromatic carbocycles. The number of pyridine rings is 2. The molecule has 4 heterocycles. The van der Waals surface area contributed by atoms with Gasteiger partial charge in [0.1, 0.15) is 17.3 Å². The lowest BCUT2D eigenvalue weighted by Crippen LogP contribution is -2.37. The van der Waals surface area contributed by atoms with E-state index in [1.54, 1.807) is 25.7 Å². The minimum atomic E-state index is -0.183. The van der Waals surface area contributed by atoms with Crippen LogP contribution in [-0.2, 0) is 6.54 Å². The fourth-order valence-electron chi connectivity index (χ4n) is 3.80. The first-order valence-corrected chi connectivity index (χ1v) is 10.3. The van der Waals surface area contributed by atoms with Crippen molar-refractivity contribution in [2.75, 3.05) is 30.4 Å². The van der Waals surface area contributed by atoms with Gasteiger partial charge in [-0.15, -0.1) is 0 Å². The number of nitrogens with zero attached hydrogens (tertiary/aromatic N) is 4. The SMILES string of the molecule is COc1cccc(Cn2c(C(=O)Nc3ccc(N4CCC4)nc3)cc3ccncc32)c1. The van der Waals surface area contributed by atoms with E-state index in [9.17, 15) is 4.79 Å². The lowest BCUT2D eigenvalue weighted by molar-refractivity contribution is 0.101. The smallest absolute Gasteiger partial charge is 0.272 e. The summed E-state index contributed by atoms with van der Waals surface area (Å²) in [7, 11) is 1.65. The molecule has 3 aromatic heterocycles. The zero-order chi connectivity index (χ0) is 21.2. The number of methoxy groups -OCH3 is 1. The molecule has 0 unspecified atom stereocenters. The number of anilines is 2. The van der Waals surface area contributed by atoms with Gasteiger partial charge in [0.25, 0.3) is 5.91 Å². The van der Waals surface area contributed by atoms with E-state index in [0.29, 0.717) is 17.9 Å². The molecule has 7 nitrogen and oxygen atoms in total. The number of hydrogen-bond acceptors (Lipinski definition) is 5. The van der Waals surface area contributed by atoms with Gasteiger partial charge in [-0.3, -0.25) is 9.78 Å². The van der Waals surface area contributed by atoms with E-state index in [2.05, 4.69) is 20.2 Å². The fourth-order valence-corrected chi connectivity index (χ4v) is 3.80. The van der Waals surface area contributed by atoms with E-state index in [4.69, 9.17) is 4.74 Å². The van der Waals surface area contributed by atoms with E-state index in [-0.39, 0.29) is 5.91 Å². The first-order chi connectivity index (χ1) is 15.2. The Kier molecular flexibility index (Phi) is 5.00. The molecular weight excluding hydrogens is 390 g/mol. The Balaban J connectivity index is 1.44. The van der Waals surface area contributed by atoms with Crippen molar-refractivity contribution in [3.05, 3.63) is 78.4 Å². The van der Waals surface area contributed by atoms with Crippen molar-refractivity contribution < 1.29 is 9.53 Å². The molecule has 0 atom stereocenters. The molecule has 0 radical (unpaired) electrons. The predicted octanol–water partition coefficient (Wildman–Crippen LogP) is 3.95. The number of hydrogen-bond donors (Lipinski definition) is 1. The summed E-state index contributed by atoms with van der Waals surface area (Å²) >= 11 is 0. The second-order valence-corrected chi connectivity index (χ2v) is 7.60. The van der Waals surface area contributed by atoms with Crippen molar-refractivity contribution in [3.8, 4) is 5.75 Å². The maximum atomic E-state index is 13.2. The molecule has 1 saturated heterocycles. The van der Waals surface area contributed by atoms with Crippen LogP contribution >= 0.6 is 0 Å². The molecule has 0 spiro atoms.